The summed E-state index contributed by atoms with van der Waals surface area (Å²) in [6.45, 7) is 4.35. The molecule has 0 heterocycles. The van der Waals surface area contributed by atoms with Crippen LogP contribution in [0.5, 0.6) is 0 Å². The highest BCUT2D eigenvalue weighted by molar-refractivity contribution is 5.96. The molecule has 104 valence electrons. The Kier molecular flexibility index (Phi) is 5.55. The number of nitrogens with zero attached hydrogens (tertiary/aromatic N) is 1. The molecule has 4 nitrogen and oxygen atoms in total. The predicted molar refractivity (Wildman–Crippen MR) is 76.0 cm³/mol. The van der Waals surface area contributed by atoms with Gasteiger partial charge in [0.15, 0.2) is 0 Å². The van der Waals surface area contributed by atoms with Crippen LogP contribution in [0, 0.1) is 5.92 Å². The quantitative estimate of drug-likeness (QED) is 0.878. The molecule has 2 amide bonds. The first kappa shape index (κ1) is 15.2. The van der Waals surface area contributed by atoms with Crippen molar-refractivity contribution >= 4 is 11.8 Å². The zero-order valence-electron chi connectivity index (χ0n) is 12.1. The first-order valence-electron chi connectivity index (χ1n) is 6.47. The van der Waals surface area contributed by atoms with Gasteiger partial charge in [-0.05, 0) is 30.0 Å². The average Bonchev–Trinajstić information content (AvgIpc) is 2.35. The number of benzene rings is 1. The van der Waals surface area contributed by atoms with E-state index in [1.54, 1.807) is 26.2 Å². The minimum atomic E-state index is -0.216. The molecular formula is C15H22N2O2. The average molecular weight is 262 g/mol. The summed E-state index contributed by atoms with van der Waals surface area (Å²) in [5.41, 5.74) is 1.80. The zero-order chi connectivity index (χ0) is 14.4. The molecule has 4 heteroatoms. The zero-order valence-corrected chi connectivity index (χ0v) is 12.1. The minimum absolute atomic E-state index is 0.0274. The van der Waals surface area contributed by atoms with Crippen LogP contribution in [-0.2, 0) is 11.2 Å². The smallest absolute Gasteiger partial charge is 0.251 e. The van der Waals surface area contributed by atoms with E-state index in [9.17, 15) is 9.59 Å². The maximum Gasteiger partial charge on any atom is 0.251 e. The van der Waals surface area contributed by atoms with Gasteiger partial charge >= 0.3 is 0 Å². The molecular weight excluding hydrogens is 240 g/mol. The Balaban J connectivity index is 2.56. The van der Waals surface area contributed by atoms with E-state index in [-0.39, 0.29) is 18.4 Å². The number of carbonyl (C=O) groups is 2. The second-order valence-corrected chi connectivity index (χ2v) is 5.27. The molecule has 1 rings (SSSR count). The number of carbonyl (C=O) groups excluding carboxylic acids is 2. The monoisotopic (exact) mass is 262 g/mol. The van der Waals surface area contributed by atoms with E-state index in [2.05, 4.69) is 19.2 Å². The molecule has 0 bridgehead atoms. The van der Waals surface area contributed by atoms with Gasteiger partial charge < -0.3 is 10.2 Å². The van der Waals surface area contributed by atoms with Crippen molar-refractivity contribution in [2.75, 3.05) is 20.6 Å². The maximum absolute atomic E-state index is 11.8. The van der Waals surface area contributed by atoms with Crippen LogP contribution < -0.4 is 5.32 Å². The van der Waals surface area contributed by atoms with Gasteiger partial charge in [0.25, 0.3) is 5.91 Å². The number of likely N-dealkylation sites (N-methyl/N-ethyl adjacent to an activating group) is 1. The summed E-state index contributed by atoms with van der Waals surface area (Å²) >= 11 is 0. The van der Waals surface area contributed by atoms with Crippen molar-refractivity contribution < 1.29 is 9.59 Å². The molecule has 1 aromatic carbocycles. The first-order chi connectivity index (χ1) is 8.90. The molecule has 0 saturated carbocycles. The molecule has 19 heavy (non-hydrogen) atoms. The summed E-state index contributed by atoms with van der Waals surface area (Å²) in [4.78, 5) is 24.6. The number of amides is 2. The van der Waals surface area contributed by atoms with Crippen molar-refractivity contribution in [1.29, 1.82) is 0 Å². The highest BCUT2D eigenvalue weighted by Crippen LogP contribution is 2.09. The molecule has 0 aliphatic rings. The van der Waals surface area contributed by atoms with Crippen LogP contribution in [-0.4, -0.2) is 37.4 Å². The lowest BCUT2D eigenvalue weighted by atomic mass is 10.0. The van der Waals surface area contributed by atoms with Gasteiger partial charge in [-0.2, -0.15) is 0 Å². The predicted octanol–water partition coefficient (Wildman–Crippen LogP) is 1.70. The van der Waals surface area contributed by atoms with Crippen LogP contribution in [0.25, 0.3) is 0 Å². The van der Waals surface area contributed by atoms with Crippen LogP contribution >= 0.6 is 0 Å². The number of hydrogen-bond donors (Lipinski definition) is 1. The molecule has 0 spiro atoms. The van der Waals surface area contributed by atoms with Gasteiger partial charge in [0.2, 0.25) is 5.91 Å². The van der Waals surface area contributed by atoms with Crippen molar-refractivity contribution in [3.63, 3.8) is 0 Å². The Labute approximate surface area is 114 Å². The molecule has 1 N–H and O–H groups in total. The molecule has 0 saturated heterocycles. The Bertz CT molecular complexity index is 436. The lowest BCUT2D eigenvalue weighted by Gasteiger charge is -2.11. The first-order valence-corrected chi connectivity index (χ1v) is 6.47. The topological polar surface area (TPSA) is 49.4 Å². The second-order valence-electron chi connectivity index (χ2n) is 5.27. The standard InChI is InChI=1S/C15H22N2O2/c1-11(2)9-12-5-7-13(8-6-12)15(19)16-10-14(18)17(3)4/h5-8,11H,9-10H2,1-4H3,(H,16,19). The van der Waals surface area contributed by atoms with E-state index in [1.807, 2.05) is 12.1 Å². The minimum Gasteiger partial charge on any atom is -0.347 e. The van der Waals surface area contributed by atoms with Crippen LogP contribution in [0.2, 0.25) is 0 Å². The van der Waals surface area contributed by atoms with Gasteiger partial charge in [-0.3, -0.25) is 9.59 Å². The highest BCUT2D eigenvalue weighted by atomic mass is 16.2. The summed E-state index contributed by atoms with van der Waals surface area (Å²) in [7, 11) is 3.32. The van der Waals surface area contributed by atoms with Gasteiger partial charge in [0.05, 0.1) is 6.54 Å². The van der Waals surface area contributed by atoms with E-state index < -0.39 is 0 Å². The fraction of sp³-hybridized carbons (Fsp3) is 0.467. The van der Waals surface area contributed by atoms with Crippen molar-refractivity contribution in [2.24, 2.45) is 5.92 Å². The normalized spacial score (nSPS) is 10.4. The lowest BCUT2D eigenvalue weighted by Crippen LogP contribution is -2.36. The van der Waals surface area contributed by atoms with E-state index in [4.69, 9.17) is 0 Å². The fourth-order valence-corrected chi connectivity index (χ4v) is 1.68. The number of hydrogen-bond acceptors (Lipinski definition) is 2. The van der Waals surface area contributed by atoms with E-state index in [1.165, 1.54) is 10.5 Å². The van der Waals surface area contributed by atoms with Crippen LogP contribution in [0.3, 0.4) is 0 Å². The largest absolute Gasteiger partial charge is 0.347 e. The molecule has 1 aromatic rings. The van der Waals surface area contributed by atoms with Crippen molar-refractivity contribution in [1.82, 2.24) is 10.2 Å². The van der Waals surface area contributed by atoms with Crippen LogP contribution in [0.15, 0.2) is 24.3 Å². The van der Waals surface area contributed by atoms with Crippen LogP contribution in [0.1, 0.15) is 29.8 Å². The van der Waals surface area contributed by atoms with Gasteiger partial charge in [-0.15, -0.1) is 0 Å². The maximum atomic E-state index is 11.8. The van der Waals surface area contributed by atoms with Crippen molar-refractivity contribution in [2.45, 2.75) is 20.3 Å². The summed E-state index contributed by atoms with van der Waals surface area (Å²) < 4.78 is 0. The fourth-order valence-electron chi connectivity index (χ4n) is 1.68. The number of nitrogens with one attached hydrogen (secondary N) is 1. The van der Waals surface area contributed by atoms with E-state index in [0.717, 1.165) is 6.42 Å². The SMILES string of the molecule is CC(C)Cc1ccc(C(=O)NCC(=O)N(C)C)cc1. The van der Waals surface area contributed by atoms with Gasteiger partial charge in [0.1, 0.15) is 0 Å². The summed E-state index contributed by atoms with van der Waals surface area (Å²) in [6, 6.07) is 7.52. The summed E-state index contributed by atoms with van der Waals surface area (Å²) in [5.74, 6) is 0.258. The van der Waals surface area contributed by atoms with Gasteiger partial charge in [-0.25, -0.2) is 0 Å². The highest BCUT2D eigenvalue weighted by Gasteiger charge is 2.09. The summed E-state index contributed by atoms with van der Waals surface area (Å²) in [6.07, 6.45) is 1.00. The molecule has 0 aliphatic carbocycles. The van der Waals surface area contributed by atoms with E-state index in [0.29, 0.717) is 11.5 Å². The molecule has 0 aliphatic heterocycles. The van der Waals surface area contributed by atoms with E-state index >= 15 is 0 Å². The molecule has 0 aromatic heterocycles. The second kappa shape index (κ2) is 6.92. The number of rotatable bonds is 5. The van der Waals surface area contributed by atoms with Crippen LogP contribution in [0.4, 0.5) is 0 Å². The van der Waals surface area contributed by atoms with Crippen molar-refractivity contribution in [3.05, 3.63) is 35.4 Å². The molecule has 0 radical (unpaired) electrons. The lowest BCUT2D eigenvalue weighted by molar-refractivity contribution is -0.127. The molecule has 0 atom stereocenters. The third-order valence-corrected chi connectivity index (χ3v) is 2.76. The van der Waals surface area contributed by atoms with Crippen molar-refractivity contribution in [3.8, 4) is 0 Å². The van der Waals surface area contributed by atoms with Gasteiger partial charge in [-0.1, -0.05) is 26.0 Å². The molecule has 0 unspecified atom stereocenters. The molecule has 0 fully saturated rings. The Hall–Kier alpha value is -1.84. The third kappa shape index (κ3) is 5.12. The Morgan fingerprint density at radius 1 is 1.16 bits per heavy atom. The summed E-state index contributed by atoms with van der Waals surface area (Å²) in [5, 5.41) is 2.61. The Morgan fingerprint density at radius 3 is 2.21 bits per heavy atom. The Morgan fingerprint density at radius 2 is 1.74 bits per heavy atom. The van der Waals surface area contributed by atoms with Gasteiger partial charge in [0, 0.05) is 19.7 Å². The third-order valence-electron chi connectivity index (χ3n) is 2.76.